The molecular formula is C11H21NO2. The predicted molar refractivity (Wildman–Crippen MR) is 55.1 cm³/mol. The average Bonchev–Trinajstić information content (AvgIpc) is 2.70. The summed E-state index contributed by atoms with van der Waals surface area (Å²) in [4.78, 5) is 0. The van der Waals surface area contributed by atoms with Gasteiger partial charge >= 0.3 is 0 Å². The monoisotopic (exact) mass is 199 g/mol. The van der Waals surface area contributed by atoms with Gasteiger partial charge in [-0.15, -0.1) is 0 Å². The maximum absolute atomic E-state index is 5.71. The van der Waals surface area contributed by atoms with E-state index in [0.29, 0.717) is 5.41 Å². The van der Waals surface area contributed by atoms with Crippen LogP contribution in [0.15, 0.2) is 0 Å². The fourth-order valence-electron chi connectivity index (χ4n) is 2.94. The Morgan fingerprint density at radius 2 is 1.93 bits per heavy atom. The minimum absolute atomic E-state index is 0.387. The third-order valence-corrected chi connectivity index (χ3v) is 3.86. The highest BCUT2D eigenvalue weighted by Gasteiger charge is 2.41. The highest BCUT2D eigenvalue weighted by atomic mass is 16.5. The van der Waals surface area contributed by atoms with Gasteiger partial charge in [0.15, 0.2) is 0 Å². The first-order chi connectivity index (χ1) is 6.87. The van der Waals surface area contributed by atoms with E-state index in [-0.39, 0.29) is 0 Å². The molecule has 1 atom stereocenters. The minimum atomic E-state index is 0.387. The first-order valence-corrected chi connectivity index (χ1v) is 5.73. The highest BCUT2D eigenvalue weighted by Crippen LogP contribution is 2.44. The second kappa shape index (κ2) is 4.60. The summed E-state index contributed by atoms with van der Waals surface area (Å²) in [7, 11) is 0. The van der Waals surface area contributed by atoms with Gasteiger partial charge in [0, 0.05) is 25.2 Å². The Balaban J connectivity index is 2.00. The maximum Gasteiger partial charge on any atom is 0.0526 e. The van der Waals surface area contributed by atoms with Crippen molar-refractivity contribution in [2.45, 2.75) is 25.7 Å². The smallest absolute Gasteiger partial charge is 0.0526 e. The molecule has 2 heterocycles. The van der Waals surface area contributed by atoms with E-state index in [1.807, 2.05) is 0 Å². The van der Waals surface area contributed by atoms with Gasteiger partial charge in [-0.25, -0.2) is 0 Å². The lowest BCUT2D eigenvalue weighted by Crippen LogP contribution is -2.37. The van der Waals surface area contributed by atoms with Gasteiger partial charge in [0.2, 0.25) is 0 Å². The maximum atomic E-state index is 5.71. The topological polar surface area (TPSA) is 44.5 Å². The van der Waals surface area contributed by atoms with Crippen LogP contribution in [0.3, 0.4) is 0 Å². The third-order valence-electron chi connectivity index (χ3n) is 3.86. The molecule has 2 aliphatic rings. The highest BCUT2D eigenvalue weighted by molar-refractivity contribution is 4.90. The lowest BCUT2D eigenvalue weighted by atomic mass is 9.69. The fourth-order valence-corrected chi connectivity index (χ4v) is 2.94. The summed E-state index contributed by atoms with van der Waals surface area (Å²) in [5, 5.41) is 0. The molecule has 2 fully saturated rings. The molecule has 14 heavy (non-hydrogen) atoms. The Kier molecular flexibility index (Phi) is 3.42. The van der Waals surface area contributed by atoms with Crippen molar-refractivity contribution in [3.63, 3.8) is 0 Å². The first-order valence-electron chi connectivity index (χ1n) is 5.73. The Labute approximate surface area is 85.9 Å². The van der Waals surface area contributed by atoms with Crippen LogP contribution < -0.4 is 5.73 Å². The molecule has 2 saturated heterocycles. The largest absolute Gasteiger partial charge is 0.381 e. The lowest BCUT2D eigenvalue weighted by Gasteiger charge is -2.38. The van der Waals surface area contributed by atoms with Gasteiger partial charge in [0.25, 0.3) is 0 Å². The summed E-state index contributed by atoms with van der Waals surface area (Å²) in [6.45, 7) is 4.50. The van der Waals surface area contributed by atoms with E-state index in [1.165, 1.54) is 19.3 Å². The van der Waals surface area contributed by atoms with Crippen molar-refractivity contribution >= 4 is 0 Å². The Morgan fingerprint density at radius 1 is 1.14 bits per heavy atom. The summed E-state index contributed by atoms with van der Waals surface area (Å²) in [5.74, 6) is 0.780. The number of hydrogen-bond acceptors (Lipinski definition) is 3. The Morgan fingerprint density at radius 3 is 2.50 bits per heavy atom. The van der Waals surface area contributed by atoms with Crippen LogP contribution in [0.5, 0.6) is 0 Å². The molecule has 0 radical (unpaired) electrons. The van der Waals surface area contributed by atoms with E-state index in [4.69, 9.17) is 15.2 Å². The standard InChI is InChI=1S/C11H21NO2/c12-5-3-11(4-8-14-9-11)10-1-6-13-7-2-10/h10H,1-9,12H2. The summed E-state index contributed by atoms with van der Waals surface area (Å²) in [6, 6.07) is 0. The normalized spacial score (nSPS) is 34.9. The van der Waals surface area contributed by atoms with Crippen LogP contribution in [-0.4, -0.2) is 33.0 Å². The summed E-state index contributed by atoms with van der Waals surface area (Å²) >= 11 is 0. The van der Waals surface area contributed by atoms with Crippen LogP contribution in [0.1, 0.15) is 25.7 Å². The molecule has 0 amide bonds. The number of ether oxygens (including phenoxy) is 2. The van der Waals surface area contributed by atoms with Crippen molar-refractivity contribution in [3.8, 4) is 0 Å². The Bertz CT molecular complexity index is 172. The zero-order valence-corrected chi connectivity index (χ0v) is 8.84. The molecule has 0 aliphatic carbocycles. The van der Waals surface area contributed by atoms with Gasteiger partial charge in [-0.3, -0.25) is 0 Å². The van der Waals surface area contributed by atoms with Crippen molar-refractivity contribution in [2.24, 2.45) is 17.1 Å². The van der Waals surface area contributed by atoms with E-state index in [0.717, 1.165) is 45.3 Å². The van der Waals surface area contributed by atoms with Gasteiger partial charge in [0.05, 0.1) is 6.61 Å². The summed E-state index contributed by atoms with van der Waals surface area (Å²) in [6.07, 6.45) is 4.72. The van der Waals surface area contributed by atoms with E-state index in [1.54, 1.807) is 0 Å². The van der Waals surface area contributed by atoms with Gasteiger partial charge in [-0.2, -0.15) is 0 Å². The molecule has 0 saturated carbocycles. The first kappa shape index (κ1) is 10.4. The van der Waals surface area contributed by atoms with E-state index < -0.39 is 0 Å². The van der Waals surface area contributed by atoms with Crippen LogP contribution in [0.2, 0.25) is 0 Å². The number of hydrogen-bond donors (Lipinski definition) is 1. The molecule has 0 aromatic carbocycles. The quantitative estimate of drug-likeness (QED) is 0.742. The molecule has 3 heteroatoms. The van der Waals surface area contributed by atoms with Crippen molar-refractivity contribution in [1.82, 2.24) is 0 Å². The van der Waals surface area contributed by atoms with Crippen LogP contribution in [0.4, 0.5) is 0 Å². The minimum Gasteiger partial charge on any atom is -0.381 e. The molecule has 82 valence electrons. The predicted octanol–water partition coefficient (Wildman–Crippen LogP) is 1.17. The molecular weight excluding hydrogens is 178 g/mol. The van der Waals surface area contributed by atoms with E-state index in [9.17, 15) is 0 Å². The molecule has 2 rings (SSSR count). The van der Waals surface area contributed by atoms with Crippen LogP contribution in [0.25, 0.3) is 0 Å². The summed E-state index contributed by atoms with van der Waals surface area (Å²) < 4.78 is 11.0. The van der Waals surface area contributed by atoms with Crippen molar-refractivity contribution < 1.29 is 9.47 Å². The van der Waals surface area contributed by atoms with Crippen molar-refractivity contribution in [2.75, 3.05) is 33.0 Å². The molecule has 0 spiro atoms. The van der Waals surface area contributed by atoms with Crippen LogP contribution in [-0.2, 0) is 9.47 Å². The lowest BCUT2D eigenvalue weighted by molar-refractivity contribution is 0.00129. The molecule has 3 nitrogen and oxygen atoms in total. The molecule has 0 bridgehead atoms. The Hall–Kier alpha value is -0.120. The molecule has 1 unspecified atom stereocenters. The number of rotatable bonds is 3. The SMILES string of the molecule is NCCC1(C2CCOCC2)CCOC1. The van der Waals surface area contributed by atoms with Gasteiger partial charge in [-0.05, 0) is 38.1 Å². The van der Waals surface area contributed by atoms with Crippen LogP contribution >= 0.6 is 0 Å². The zero-order valence-electron chi connectivity index (χ0n) is 8.84. The van der Waals surface area contributed by atoms with Crippen molar-refractivity contribution in [3.05, 3.63) is 0 Å². The van der Waals surface area contributed by atoms with E-state index in [2.05, 4.69) is 0 Å². The molecule has 2 N–H and O–H groups in total. The van der Waals surface area contributed by atoms with E-state index >= 15 is 0 Å². The van der Waals surface area contributed by atoms with Crippen molar-refractivity contribution in [1.29, 1.82) is 0 Å². The van der Waals surface area contributed by atoms with Gasteiger partial charge < -0.3 is 15.2 Å². The van der Waals surface area contributed by atoms with Gasteiger partial charge in [0.1, 0.15) is 0 Å². The van der Waals surface area contributed by atoms with Gasteiger partial charge in [-0.1, -0.05) is 0 Å². The molecule has 0 aromatic heterocycles. The summed E-state index contributed by atoms with van der Waals surface area (Å²) in [5.41, 5.74) is 6.10. The second-order valence-electron chi connectivity index (χ2n) is 4.59. The molecule has 0 aromatic rings. The third kappa shape index (κ3) is 1.95. The average molecular weight is 199 g/mol. The molecule has 2 aliphatic heterocycles. The van der Waals surface area contributed by atoms with Crippen LogP contribution in [0, 0.1) is 11.3 Å². The second-order valence-corrected chi connectivity index (χ2v) is 4.59. The fraction of sp³-hybridized carbons (Fsp3) is 1.00. The number of nitrogens with two attached hydrogens (primary N) is 1. The zero-order chi connectivity index (χ0) is 9.86.